The predicted molar refractivity (Wildman–Crippen MR) is 118 cm³/mol. The molecule has 0 radical (unpaired) electrons. The van der Waals surface area contributed by atoms with E-state index in [9.17, 15) is 0 Å². The summed E-state index contributed by atoms with van der Waals surface area (Å²) in [6.07, 6.45) is 0. The molecule has 0 aliphatic rings. The first-order valence-electron chi connectivity index (χ1n) is 18.0. The first-order valence-corrected chi connectivity index (χ1v) is 7.54. The van der Waals surface area contributed by atoms with E-state index in [4.69, 9.17) is 39.9 Å². The zero-order valence-electron chi connectivity index (χ0n) is 35.1. The van der Waals surface area contributed by atoms with Gasteiger partial charge in [-0.1, -0.05) is 121 Å². The van der Waals surface area contributed by atoms with Crippen LogP contribution in [0.2, 0.25) is 0 Å². The molecule has 2 nitrogen and oxygen atoms in total. The zero-order valence-corrected chi connectivity index (χ0v) is 14.1. The Bertz CT molecular complexity index is 1810. The molecule has 4 aromatic carbocycles. The average molecular weight is 386 g/mol. The summed E-state index contributed by atoms with van der Waals surface area (Å²) in [7, 11) is 0. The number of rotatable bonds is 4. The minimum absolute atomic E-state index is 0.514. The maximum atomic E-state index is 8.34. The minimum atomic E-state index is -2.65. The van der Waals surface area contributed by atoms with E-state index in [0.717, 1.165) is 0 Å². The smallest absolute Gasteiger partial charge is 0.0684 e. The molecule has 2 heteroatoms. The molecule has 0 heterocycles. The van der Waals surface area contributed by atoms with Crippen LogP contribution in [0.15, 0.2) is 121 Å². The van der Waals surface area contributed by atoms with E-state index in [-0.39, 0.29) is 0 Å². The maximum absolute atomic E-state index is 8.34. The van der Waals surface area contributed by atoms with Crippen molar-refractivity contribution < 1.29 is 28.8 Å². The van der Waals surface area contributed by atoms with Gasteiger partial charge in [0.25, 0.3) is 0 Å². The monoisotopic (exact) mass is 385 g/mol. The van der Waals surface area contributed by atoms with Crippen molar-refractivity contribution in [3.63, 3.8) is 0 Å². The molecule has 0 amide bonds. The van der Waals surface area contributed by atoms with E-state index in [1.807, 2.05) is 0 Å². The van der Waals surface area contributed by atoms with Gasteiger partial charge in [-0.3, -0.25) is 5.41 Å². The van der Waals surface area contributed by atoms with Crippen LogP contribution < -0.4 is 5.73 Å². The molecule has 3 N–H and O–H groups in total. The normalized spacial score (nSPS) is 21.0. The molecule has 0 aromatic heterocycles. The first-order chi connectivity index (χ1) is 22.4. The third kappa shape index (κ3) is 5.26. The largest absolute Gasteiger partial charge is 0.320 e. The zero-order chi connectivity index (χ0) is 37.9. The van der Waals surface area contributed by atoms with Gasteiger partial charge in [0.1, 0.15) is 0 Å². The summed E-state index contributed by atoms with van der Waals surface area (Å²) in [5.41, 5.74) is 2.78. The fourth-order valence-electron chi connectivity index (χ4n) is 1.77. The Kier molecular flexibility index (Phi) is 2.14. The van der Waals surface area contributed by atoms with E-state index in [2.05, 4.69) is 0 Å². The van der Waals surface area contributed by atoms with Gasteiger partial charge in [0.15, 0.2) is 0 Å². The van der Waals surface area contributed by atoms with Crippen molar-refractivity contribution in [3.05, 3.63) is 143 Å². The highest BCUT2D eigenvalue weighted by Crippen LogP contribution is 2.18. The number of nitrogens with two attached hydrogens (primary N) is 1. The van der Waals surface area contributed by atoms with Crippen molar-refractivity contribution in [1.82, 2.24) is 0 Å². The number of hydrogen-bond donors (Lipinski definition) is 2. The van der Waals surface area contributed by atoms with Crippen molar-refractivity contribution in [2.75, 3.05) is 0 Å². The molecular weight excluding hydrogens is 340 g/mol. The van der Waals surface area contributed by atoms with Crippen molar-refractivity contribution in [3.8, 4) is 0 Å². The van der Waals surface area contributed by atoms with Crippen molar-refractivity contribution in [2.24, 2.45) is 5.73 Å². The lowest BCUT2D eigenvalue weighted by atomic mass is 10.00. The highest BCUT2D eigenvalue weighted by molar-refractivity contribution is 6.10. The van der Waals surface area contributed by atoms with Crippen LogP contribution in [-0.2, 0) is 0 Å². The van der Waals surface area contributed by atoms with Crippen LogP contribution in [0.4, 0.5) is 0 Å². The molecule has 0 aliphatic heterocycles. The molecule has 28 heavy (non-hydrogen) atoms. The highest BCUT2D eigenvalue weighted by Gasteiger charge is 2.06. The lowest BCUT2D eigenvalue weighted by Crippen LogP contribution is -2.11. The minimum Gasteiger partial charge on any atom is -0.320 e. The second kappa shape index (κ2) is 10.0. The van der Waals surface area contributed by atoms with Crippen LogP contribution in [0.1, 0.15) is 57.1 Å². The van der Waals surface area contributed by atoms with Crippen LogP contribution in [-0.4, -0.2) is 5.71 Å². The predicted octanol–water partition coefficient (Wildman–Crippen LogP) is 5.84. The number of nitrogens with one attached hydrogen (secondary N) is 1. The maximum Gasteiger partial charge on any atom is 0.0684 e. The van der Waals surface area contributed by atoms with Crippen LogP contribution in [0.3, 0.4) is 0 Å². The van der Waals surface area contributed by atoms with Gasteiger partial charge in [-0.2, -0.15) is 0 Å². The Morgan fingerprint density at radius 2 is 0.893 bits per heavy atom. The van der Waals surface area contributed by atoms with Gasteiger partial charge in [-0.25, -0.2) is 0 Å². The number of hydrogen-bond acceptors (Lipinski definition) is 2. The molecule has 138 valence electrons. The molecule has 0 atom stereocenters. The SMILES string of the molecule is [2H]c1c([2H])c([2H])c(C(=N)c2c([2H])c([2H])c([2H])c([2H])c2[2H])c([2H])c1[2H].[2H]c1c([2H])c([2H])c(C([2H])(N)c2c([2H])c([2H])c([2H])c([2H])c2[2H])c([2H])c1[2H]. The van der Waals surface area contributed by atoms with E-state index < -0.39 is 155 Å². The Balaban J connectivity index is 0.000000266. The summed E-state index contributed by atoms with van der Waals surface area (Å²) in [5.74, 6) is 0. The van der Waals surface area contributed by atoms with E-state index in [0.29, 0.717) is 0 Å². The molecule has 4 aromatic rings. The Morgan fingerprint density at radius 1 is 0.607 bits per heavy atom. The molecule has 0 spiro atoms. The summed E-state index contributed by atoms with van der Waals surface area (Å²) >= 11 is 0. The standard InChI is InChI=1S/C13H13N.C13H11N/c2*14-13(11-7-3-1-4-8-11)12-9-5-2-6-10-12/h1-10,13H,14H2;1-10,14H/i1D,2D,3D,4D,5D,6D,7D,8D,9D,10D,13D;1D,2D,3D,4D,5D,6D,7D,8D,9D,10D. The molecule has 4 rings (SSSR count). The summed E-state index contributed by atoms with van der Waals surface area (Å²) in [6.45, 7) is 0. The Hall–Kier alpha value is -3.49. The summed E-state index contributed by atoms with van der Waals surface area (Å²) in [4.78, 5) is 0. The topological polar surface area (TPSA) is 49.9 Å². The van der Waals surface area contributed by atoms with Crippen molar-refractivity contribution >= 4 is 5.71 Å². The van der Waals surface area contributed by atoms with Gasteiger partial charge in [-0.15, -0.1) is 0 Å². The lowest BCUT2D eigenvalue weighted by Gasteiger charge is -2.11. The quantitative estimate of drug-likeness (QED) is 0.426. The lowest BCUT2D eigenvalue weighted by molar-refractivity contribution is 0.871. The summed E-state index contributed by atoms with van der Waals surface area (Å²) in [6, 6.07) is -16.6. The third-order valence-corrected chi connectivity index (χ3v) is 3.04. The fraction of sp³-hybridized carbons (Fsp3) is 0.0385. The molecule has 0 fully saturated rings. The fourth-order valence-corrected chi connectivity index (χ4v) is 1.77. The second-order valence-corrected chi connectivity index (χ2v) is 4.79. The second-order valence-electron chi connectivity index (χ2n) is 4.79. The molecule has 0 saturated carbocycles. The van der Waals surface area contributed by atoms with E-state index >= 15 is 0 Å². The molecule has 0 saturated heterocycles. The van der Waals surface area contributed by atoms with Gasteiger partial charge >= 0.3 is 0 Å². The van der Waals surface area contributed by atoms with Gasteiger partial charge in [-0.05, 0) is 22.3 Å². The van der Waals surface area contributed by atoms with Gasteiger partial charge < -0.3 is 5.73 Å². The van der Waals surface area contributed by atoms with E-state index in [1.54, 1.807) is 0 Å². The third-order valence-electron chi connectivity index (χ3n) is 3.04. The van der Waals surface area contributed by atoms with Crippen LogP contribution >= 0.6 is 0 Å². The molecule has 0 unspecified atom stereocenters. The number of benzene rings is 4. The van der Waals surface area contributed by atoms with Gasteiger partial charge in [0.2, 0.25) is 0 Å². The Labute approximate surface area is 196 Å². The molecule has 0 bridgehead atoms. The van der Waals surface area contributed by atoms with Gasteiger partial charge in [0.05, 0.1) is 40.5 Å². The highest BCUT2D eigenvalue weighted by atomic mass is 14.6. The summed E-state index contributed by atoms with van der Waals surface area (Å²) < 4.78 is 163. The van der Waals surface area contributed by atoms with E-state index in [1.165, 1.54) is 0 Å². The average Bonchev–Trinajstić information content (AvgIpc) is 3.04. The van der Waals surface area contributed by atoms with Crippen molar-refractivity contribution in [1.29, 1.82) is 5.41 Å². The van der Waals surface area contributed by atoms with Crippen LogP contribution in [0.25, 0.3) is 0 Å². The molecular formula is C26H24N2. The molecule has 0 aliphatic carbocycles. The van der Waals surface area contributed by atoms with Crippen LogP contribution in [0.5, 0.6) is 0 Å². The first kappa shape index (κ1) is 6.00. The Morgan fingerprint density at radius 3 is 1.21 bits per heavy atom. The summed E-state index contributed by atoms with van der Waals surface area (Å²) in [5, 5.41) is 8.13. The van der Waals surface area contributed by atoms with Crippen LogP contribution in [0, 0.1) is 5.41 Å². The van der Waals surface area contributed by atoms with Gasteiger partial charge in [0, 0.05) is 0 Å². The van der Waals surface area contributed by atoms with Crippen molar-refractivity contribution in [2.45, 2.75) is 6.02 Å².